The van der Waals surface area contributed by atoms with Crippen LogP contribution in [0.5, 0.6) is 5.75 Å². The first-order chi connectivity index (χ1) is 13.6. The lowest BCUT2D eigenvalue weighted by atomic mass is 10.0. The summed E-state index contributed by atoms with van der Waals surface area (Å²) in [5.74, 6) is -0.0427. The van der Waals surface area contributed by atoms with Crippen molar-refractivity contribution in [3.63, 3.8) is 0 Å². The molecule has 0 aliphatic heterocycles. The maximum absolute atomic E-state index is 9.66. The van der Waals surface area contributed by atoms with Gasteiger partial charge in [0.15, 0.2) is 5.75 Å². The fraction of sp³-hybridized carbons (Fsp3) is 0.520. The van der Waals surface area contributed by atoms with Crippen molar-refractivity contribution in [2.75, 3.05) is 0 Å². The number of phenolic OH excluding ortho intramolecular Hbond substituents is 1. The minimum Gasteiger partial charge on any atom is -0.505 e. The zero-order valence-electron chi connectivity index (χ0n) is 17.2. The maximum Gasteiger partial charge on any atom is 0.152 e. The minimum atomic E-state index is -0.0427. The summed E-state index contributed by atoms with van der Waals surface area (Å²) in [6.07, 6.45) is 15.7. The largest absolute Gasteiger partial charge is 0.505 e. The van der Waals surface area contributed by atoms with Crippen LogP contribution in [-0.2, 0) is 12.8 Å². The van der Waals surface area contributed by atoms with E-state index in [1.807, 2.05) is 0 Å². The Morgan fingerprint density at radius 3 is 1.64 bits per heavy atom. The van der Waals surface area contributed by atoms with E-state index in [4.69, 9.17) is 23.2 Å². The molecule has 2 rings (SSSR count). The molecule has 0 amide bonds. The minimum absolute atomic E-state index is 0.0427. The molecule has 1 nitrogen and oxygen atoms in total. The lowest BCUT2D eigenvalue weighted by Crippen LogP contribution is -1.91. The summed E-state index contributed by atoms with van der Waals surface area (Å²) in [4.78, 5) is 0. The van der Waals surface area contributed by atoms with E-state index in [-0.39, 0.29) is 5.75 Å². The van der Waals surface area contributed by atoms with Crippen LogP contribution in [0.4, 0.5) is 0 Å². The first-order valence-corrected chi connectivity index (χ1v) is 11.6. The molecule has 0 unspecified atom stereocenters. The SMILES string of the molecule is CCCCCCCCCCCCc1ccc(Cc2cc(Cl)c(O)c(Cl)c2)cc1. The lowest BCUT2D eigenvalue weighted by Gasteiger charge is -2.07. The van der Waals surface area contributed by atoms with Crippen LogP contribution in [0.1, 0.15) is 87.8 Å². The van der Waals surface area contributed by atoms with Crippen LogP contribution in [0.15, 0.2) is 36.4 Å². The van der Waals surface area contributed by atoms with Crippen LogP contribution in [-0.4, -0.2) is 5.11 Å². The van der Waals surface area contributed by atoms with Crippen molar-refractivity contribution in [3.05, 3.63) is 63.1 Å². The molecule has 0 fully saturated rings. The number of hydrogen-bond acceptors (Lipinski definition) is 1. The highest BCUT2D eigenvalue weighted by atomic mass is 35.5. The average molecular weight is 421 g/mol. The number of halogens is 2. The van der Waals surface area contributed by atoms with E-state index in [1.54, 1.807) is 12.1 Å². The van der Waals surface area contributed by atoms with Crippen molar-refractivity contribution in [2.45, 2.75) is 84.0 Å². The van der Waals surface area contributed by atoms with Gasteiger partial charge < -0.3 is 5.11 Å². The summed E-state index contributed by atoms with van der Waals surface area (Å²) < 4.78 is 0. The second-order valence-corrected chi connectivity index (χ2v) is 8.65. The van der Waals surface area contributed by atoms with E-state index < -0.39 is 0 Å². The summed E-state index contributed by atoms with van der Waals surface area (Å²) in [7, 11) is 0. The number of unbranched alkanes of at least 4 members (excludes halogenated alkanes) is 9. The van der Waals surface area contributed by atoms with Gasteiger partial charge in [0.05, 0.1) is 10.0 Å². The number of aryl methyl sites for hydroxylation is 1. The summed E-state index contributed by atoms with van der Waals surface area (Å²) in [5.41, 5.74) is 3.64. The van der Waals surface area contributed by atoms with Crippen LogP contribution in [0, 0.1) is 0 Å². The zero-order valence-corrected chi connectivity index (χ0v) is 18.7. The van der Waals surface area contributed by atoms with Gasteiger partial charge in [-0.1, -0.05) is 112 Å². The third-order valence-corrected chi connectivity index (χ3v) is 5.90. The van der Waals surface area contributed by atoms with Gasteiger partial charge >= 0.3 is 0 Å². The molecule has 0 radical (unpaired) electrons. The van der Waals surface area contributed by atoms with Gasteiger partial charge in [0.2, 0.25) is 0 Å². The maximum atomic E-state index is 9.66. The number of benzene rings is 2. The highest BCUT2D eigenvalue weighted by Crippen LogP contribution is 2.33. The van der Waals surface area contributed by atoms with Crippen molar-refractivity contribution in [3.8, 4) is 5.75 Å². The second-order valence-electron chi connectivity index (χ2n) is 7.83. The molecule has 0 atom stereocenters. The van der Waals surface area contributed by atoms with Crippen LogP contribution >= 0.6 is 23.2 Å². The predicted octanol–water partition coefficient (Wildman–Crippen LogP) is 8.75. The topological polar surface area (TPSA) is 20.2 Å². The fourth-order valence-electron chi connectivity index (χ4n) is 3.60. The third-order valence-electron chi connectivity index (χ3n) is 5.33. The quantitative estimate of drug-likeness (QED) is 0.321. The molecule has 1 N–H and O–H groups in total. The lowest BCUT2D eigenvalue weighted by molar-refractivity contribution is 0.475. The molecule has 2 aromatic rings. The van der Waals surface area contributed by atoms with Crippen LogP contribution in [0.2, 0.25) is 10.0 Å². The molecule has 0 aromatic heterocycles. The Morgan fingerprint density at radius 2 is 1.11 bits per heavy atom. The van der Waals surface area contributed by atoms with Gasteiger partial charge in [-0.2, -0.15) is 0 Å². The summed E-state index contributed by atoms with van der Waals surface area (Å²) >= 11 is 12.0. The predicted molar refractivity (Wildman–Crippen MR) is 123 cm³/mol. The average Bonchev–Trinajstić information content (AvgIpc) is 2.69. The number of hydrogen-bond donors (Lipinski definition) is 1. The van der Waals surface area contributed by atoms with Gasteiger partial charge in [0, 0.05) is 0 Å². The normalized spacial score (nSPS) is 11.1. The molecule has 154 valence electrons. The molecule has 0 aliphatic carbocycles. The van der Waals surface area contributed by atoms with Crippen molar-refractivity contribution < 1.29 is 5.11 Å². The Labute approximate surface area is 181 Å². The Hall–Kier alpha value is -1.18. The van der Waals surface area contributed by atoms with Crippen molar-refractivity contribution in [1.82, 2.24) is 0 Å². The summed E-state index contributed by atoms with van der Waals surface area (Å²) in [6, 6.07) is 12.4. The van der Waals surface area contributed by atoms with Gasteiger partial charge in [-0.25, -0.2) is 0 Å². The first-order valence-electron chi connectivity index (χ1n) is 10.8. The van der Waals surface area contributed by atoms with E-state index >= 15 is 0 Å². The Kier molecular flexibility index (Phi) is 10.8. The molecule has 0 aliphatic rings. The Bertz CT molecular complexity index is 671. The highest BCUT2D eigenvalue weighted by Gasteiger charge is 2.07. The van der Waals surface area contributed by atoms with E-state index in [9.17, 15) is 5.11 Å². The molecule has 0 saturated heterocycles. The van der Waals surface area contributed by atoms with Crippen LogP contribution in [0.3, 0.4) is 0 Å². The van der Waals surface area contributed by atoms with E-state index in [0.717, 1.165) is 18.4 Å². The highest BCUT2D eigenvalue weighted by molar-refractivity contribution is 6.37. The summed E-state index contributed by atoms with van der Waals surface area (Å²) in [5, 5.41) is 10.3. The third kappa shape index (κ3) is 8.45. The van der Waals surface area contributed by atoms with Gasteiger partial charge in [0.1, 0.15) is 0 Å². The fourth-order valence-corrected chi connectivity index (χ4v) is 4.13. The van der Waals surface area contributed by atoms with E-state index in [0.29, 0.717) is 10.0 Å². The summed E-state index contributed by atoms with van der Waals surface area (Å²) in [6.45, 7) is 2.27. The van der Waals surface area contributed by atoms with Gasteiger partial charge in [-0.3, -0.25) is 0 Å². The number of rotatable bonds is 13. The molecule has 0 saturated carbocycles. The molecule has 0 heterocycles. The second kappa shape index (κ2) is 13.1. The Balaban J connectivity index is 1.64. The van der Waals surface area contributed by atoms with E-state index in [1.165, 1.54) is 75.3 Å². The van der Waals surface area contributed by atoms with Crippen LogP contribution < -0.4 is 0 Å². The number of phenols is 1. The van der Waals surface area contributed by atoms with Gasteiger partial charge in [-0.15, -0.1) is 0 Å². The van der Waals surface area contributed by atoms with E-state index in [2.05, 4.69) is 31.2 Å². The zero-order chi connectivity index (χ0) is 20.2. The van der Waals surface area contributed by atoms with Crippen LogP contribution in [0.25, 0.3) is 0 Å². The number of aromatic hydroxyl groups is 1. The molecule has 0 bridgehead atoms. The molecule has 3 heteroatoms. The van der Waals surface area contributed by atoms with Gasteiger partial charge in [0.25, 0.3) is 0 Å². The van der Waals surface area contributed by atoms with Gasteiger partial charge in [-0.05, 0) is 48.1 Å². The van der Waals surface area contributed by atoms with Crippen molar-refractivity contribution in [2.24, 2.45) is 0 Å². The first kappa shape index (κ1) is 23.1. The molecular weight excluding hydrogens is 387 g/mol. The smallest absolute Gasteiger partial charge is 0.152 e. The van der Waals surface area contributed by atoms with Crippen molar-refractivity contribution >= 4 is 23.2 Å². The molecule has 2 aromatic carbocycles. The Morgan fingerprint density at radius 1 is 0.643 bits per heavy atom. The standard InChI is InChI=1S/C25H34Cl2O/c1-2-3-4-5-6-7-8-9-10-11-12-20-13-15-21(16-14-20)17-22-18-23(26)25(28)24(27)19-22/h13-16,18-19,28H,2-12,17H2,1H3. The molecular formula is C25H34Cl2O. The monoisotopic (exact) mass is 420 g/mol. The van der Waals surface area contributed by atoms with Crippen molar-refractivity contribution in [1.29, 1.82) is 0 Å². The molecule has 28 heavy (non-hydrogen) atoms. The molecule has 0 spiro atoms.